The maximum atomic E-state index is 13.1. The molecule has 1 aliphatic rings. The van der Waals surface area contributed by atoms with Crippen molar-refractivity contribution in [1.29, 1.82) is 0 Å². The normalized spacial score (nSPS) is 13.5. The maximum Gasteiger partial charge on any atom is 0.335 e. The number of nitrogens with one attached hydrogen (secondary N) is 1. The molecule has 8 nitrogen and oxygen atoms in total. The third-order valence-corrected chi connectivity index (χ3v) is 6.11. The number of carboxylic acids is 2. The van der Waals surface area contributed by atoms with E-state index in [1.807, 2.05) is 30.3 Å². The van der Waals surface area contributed by atoms with Crippen LogP contribution in [0.3, 0.4) is 0 Å². The van der Waals surface area contributed by atoms with Gasteiger partial charge in [0.1, 0.15) is 5.54 Å². The molecule has 0 aliphatic heterocycles. The Kier molecular flexibility index (Phi) is 6.73. The second-order valence-electron chi connectivity index (χ2n) is 8.43. The lowest BCUT2D eigenvalue weighted by Gasteiger charge is -2.25. The summed E-state index contributed by atoms with van der Waals surface area (Å²) < 4.78 is 11.2. The standard InChI is InChI=1S/C27H25NO7/c1-34-22-10-9-18(14-23(22)35-12-11-17-5-4-8-19(13-17)25(30)31)24(29)28-27(26(32)33)15-20-6-2-3-7-21(20)16-27/h2-10,13-14H,11-12,15-16H2,1H3,(H,28,29)(H,30,31)(H,32,33). The Morgan fingerprint density at radius 3 is 2.23 bits per heavy atom. The minimum Gasteiger partial charge on any atom is -0.493 e. The van der Waals surface area contributed by atoms with Crippen LogP contribution in [-0.2, 0) is 24.1 Å². The van der Waals surface area contributed by atoms with Gasteiger partial charge in [-0.2, -0.15) is 0 Å². The highest BCUT2D eigenvalue weighted by Gasteiger charge is 2.45. The molecule has 4 rings (SSSR count). The van der Waals surface area contributed by atoms with Crippen molar-refractivity contribution >= 4 is 17.8 Å². The molecule has 1 amide bonds. The van der Waals surface area contributed by atoms with Gasteiger partial charge >= 0.3 is 11.9 Å². The van der Waals surface area contributed by atoms with Crippen LogP contribution in [0.4, 0.5) is 0 Å². The Bertz CT molecular complexity index is 1260. The number of aliphatic carboxylic acids is 1. The predicted molar refractivity (Wildman–Crippen MR) is 127 cm³/mol. The zero-order valence-corrected chi connectivity index (χ0v) is 19.1. The molecule has 0 bridgehead atoms. The molecule has 3 N–H and O–H groups in total. The van der Waals surface area contributed by atoms with Crippen LogP contribution in [0.15, 0.2) is 66.7 Å². The van der Waals surface area contributed by atoms with Crippen LogP contribution in [0.1, 0.15) is 37.4 Å². The third-order valence-electron chi connectivity index (χ3n) is 6.11. The van der Waals surface area contributed by atoms with Crippen molar-refractivity contribution in [2.75, 3.05) is 13.7 Å². The summed E-state index contributed by atoms with van der Waals surface area (Å²) in [4.78, 5) is 36.4. The zero-order valence-electron chi connectivity index (χ0n) is 19.1. The summed E-state index contributed by atoms with van der Waals surface area (Å²) in [5.74, 6) is -1.87. The molecule has 0 saturated heterocycles. The highest BCUT2D eigenvalue weighted by atomic mass is 16.5. The predicted octanol–water partition coefficient (Wildman–Crippen LogP) is 3.37. The Labute approximate surface area is 202 Å². The summed E-state index contributed by atoms with van der Waals surface area (Å²) in [5.41, 5.74) is 1.62. The van der Waals surface area contributed by atoms with E-state index in [1.54, 1.807) is 24.3 Å². The Balaban J connectivity index is 1.48. The fourth-order valence-corrected chi connectivity index (χ4v) is 4.27. The second-order valence-corrected chi connectivity index (χ2v) is 8.43. The van der Waals surface area contributed by atoms with Gasteiger partial charge in [0.05, 0.1) is 19.3 Å². The highest BCUT2D eigenvalue weighted by Crippen LogP contribution is 2.32. The summed E-state index contributed by atoms with van der Waals surface area (Å²) in [6.07, 6.45) is 0.861. The topological polar surface area (TPSA) is 122 Å². The van der Waals surface area contributed by atoms with Crippen LogP contribution < -0.4 is 14.8 Å². The summed E-state index contributed by atoms with van der Waals surface area (Å²) in [7, 11) is 1.48. The molecule has 0 fully saturated rings. The SMILES string of the molecule is COc1ccc(C(=O)NC2(C(=O)O)Cc3ccccc3C2)cc1OCCc1cccc(C(=O)O)c1. The number of fused-ring (bicyclic) bond motifs is 1. The number of methoxy groups -OCH3 is 1. The van der Waals surface area contributed by atoms with Gasteiger partial charge in [0.25, 0.3) is 5.91 Å². The van der Waals surface area contributed by atoms with Gasteiger partial charge in [-0.05, 0) is 47.0 Å². The smallest absolute Gasteiger partial charge is 0.335 e. The molecule has 0 saturated carbocycles. The number of carbonyl (C=O) groups is 3. The van der Waals surface area contributed by atoms with E-state index >= 15 is 0 Å². The van der Waals surface area contributed by atoms with E-state index in [-0.39, 0.29) is 30.6 Å². The van der Waals surface area contributed by atoms with Crippen molar-refractivity contribution in [2.45, 2.75) is 24.8 Å². The summed E-state index contributed by atoms with van der Waals surface area (Å²) >= 11 is 0. The van der Waals surface area contributed by atoms with Crippen molar-refractivity contribution in [2.24, 2.45) is 0 Å². The number of hydrogen-bond donors (Lipinski definition) is 3. The van der Waals surface area contributed by atoms with Crippen molar-refractivity contribution in [3.63, 3.8) is 0 Å². The summed E-state index contributed by atoms with van der Waals surface area (Å²) in [6.45, 7) is 0.221. The zero-order chi connectivity index (χ0) is 25.0. The van der Waals surface area contributed by atoms with Crippen LogP contribution in [0.2, 0.25) is 0 Å². The first kappa shape index (κ1) is 23.8. The van der Waals surface area contributed by atoms with Crippen molar-refractivity contribution in [3.05, 3.63) is 94.5 Å². The molecule has 3 aromatic carbocycles. The van der Waals surface area contributed by atoms with Gasteiger partial charge in [-0.15, -0.1) is 0 Å². The van der Waals surface area contributed by atoms with E-state index in [9.17, 15) is 19.5 Å². The van der Waals surface area contributed by atoms with E-state index in [1.165, 1.54) is 19.2 Å². The van der Waals surface area contributed by atoms with Gasteiger partial charge in [0, 0.05) is 24.8 Å². The molecule has 0 heterocycles. The molecule has 8 heteroatoms. The van der Waals surface area contributed by atoms with Gasteiger partial charge in [-0.1, -0.05) is 36.4 Å². The quantitative estimate of drug-likeness (QED) is 0.434. The average Bonchev–Trinajstić information content (AvgIpc) is 3.23. The van der Waals surface area contributed by atoms with Crippen LogP contribution in [0, 0.1) is 0 Å². The number of ether oxygens (including phenoxy) is 2. The molecule has 35 heavy (non-hydrogen) atoms. The first-order valence-corrected chi connectivity index (χ1v) is 11.1. The number of aromatic carboxylic acids is 1. The lowest BCUT2D eigenvalue weighted by atomic mass is 9.95. The maximum absolute atomic E-state index is 13.1. The molecule has 0 radical (unpaired) electrons. The van der Waals surface area contributed by atoms with Gasteiger partial charge in [0.2, 0.25) is 0 Å². The van der Waals surface area contributed by atoms with Crippen LogP contribution in [0.25, 0.3) is 0 Å². The Morgan fingerprint density at radius 2 is 1.60 bits per heavy atom. The van der Waals surface area contributed by atoms with E-state index in [2.05, 4.69) is 5.32 Å². The van der Waals surface area contributed by atoms with E-state index in [4.69, 9.17) is 14.6 Å². The van der Waals surface area contributed by atoms with Crippen LogP contribution >= 0.6 is 0 Å². The first-order chi connectivity index (χ1) is 16.8. The number of hydrogen-bond acceptors (Lipinski definition) is 5. The van der Waals surface area contributed by atoms with Gasteiger partial charge in [-0.3, -0.25) is 4.79 Å². The summed E-state index contributed by atoms with van der Waals surface area (Å²) in [6, 6.07) is 18.7. The van der Waals surface area contributed by atoms with Gasteiger partial charge in [0.15, 0.2) is 11.5 Å². The summed E-state index contributed by atoms with van der Waals surface area (Å²) in [5, 5.41) is 21.8. The third kappa shape index (κ3) is 5.11. The van der Waals surface area contributed by atoms with Crippen molar-refractivity contribution in [3.8, 4) is 11.5 Å². The fraction of sp³-hybridized carbons (Fsp3) is 0.222. The lowest BCUT2D eigenvalue weighted by Crippen LogP contribution is -2.55. The molecule has 0 spiro atoms. The number of carboxylic acid groups (broad SMARTS) is 2. The molecule has 1 aliphatic carbocycles. The number of rotatable bonds is 9. The molecular weight excluding hydrogens is 450 g/mol. The Morgan fingerprint density at radius 1 is 0.886 bits per heavy atom. The first-order valence-electron chi connectivity index (χ1n) is 11.1. The number of carbonyl (C=O) groups excluding carboxylic acids is 1. The molecule has 3 aromatic rings. The average molecular weight is 475 g/mol. The number of benzene rings is 3. The molecule has 0 atom stereocenters. The molecule has 0 unspecified atom stereocenters. The molecule has 0 aromatic heterocycles. The van der Waals surface area contributed by atoms with Crippen molar-refractivity contribution in [1.82, 2.24) is 5.32 Å². The van der Waals surface area contributed by atoms with E-state index in [0.29, 0.717) is 17.9 Å². The second kappa shape index (κ2) is 9.89. The number of amides is 1. The minimum atomic E-state index is -1.42. The van der Waals surface area contributed by atoms with Crippen LogP contribution in [0.5, 0.6) is 11.5 Å². The molecule has 180 valence electrons. The minimum absolute atomic E-state index is 0.195. The van der Waals surface area contributed by atoms with E-state index < -0.39 is 23.4 Å². The monoisotopic (exact) mass is 475 g/mol. The fourth-order valence-electron chi connectivity index (χ4n) is 4.27. The van der Waals surface area contributed by atoms with Crippen LogP contribution in [-0.4, -0.2) is 47.3 Å². The largest absolute Gasteiger partial charge is 0.493 e. The van der Waals surface area contributed by atoms with E-state index in [0.717, 1.165) is 16.7 Å². The highest BCUT2D eigenvalue weighted by molar-refractivity contribution is 5.99. The lowest BCUT2D eigenvalue weighted by molar-refractivity contribution is -0.144. The van der Waals surface area contributed by atoms with Crippen molar-refractivity contribution < 1.29 is 34.1 Å². The van der Waals surface area contributed by atoms with Gasteiger partial charge in [-0.25, -0.2) is 9.59 Å². The van der Waals surface area contributed by atoms with Gasteiger partial charge < -0.3 is 25.0 Å². The Hall–Kier alpha value is -4.33. The molecular formula is C27H25NO7.